The van der Waals surface area contributed by atoms with E-state index in [2.05, 4.69) is 34.7 Å². The van der Waals surface area contributed by atoms with Gasteiger partial charge in [0.2, 0.25) is 0 Å². The van der Waals surface area contributed by atoms with Gasteiger partial charge in [-0.2, -0.15) is 0 Å². The van der Waals surface area contributed by atoms with Crippen molar-refractivity contribution in [1.82, 2.24) is 10.6 Å². The van der Waals surface area contributed by atoms with Gasteiger partial charge in [-0.05, 0) is 37.5 Å². The zero-order valence-electron chi connectivity index (χ0n) is 13.6. The van der Waals surface area contributed by atoms with Crippen LogP contribution in [0.5, 0.6) is 5.75 Å². The molecule has 0 aliphatic heterocycles. The SMILES string of the molecule is CN=C(NCCOc1cccc(C)c1)NC1CCCCC1.I. The number of nitrogens with one attached hydrogen (secondary N) is 2. The van der Waals surface area contributed by atoms with Gasteiger partial charge in [0.15, 0.2) is 5.96 Å². The minimum absolute atomic E-state index is 0. The van der Waals surface area contributed by atoms with Gasteiger partial charge in [-0.3, -0.25) is 4.99 Å². The fourth-order valence-corrected chi connectivity index (χ4v) is 2.68. The number of halogens is 1. The number of aliphatic imine (C=N–C) groups is 1. The summed E-state index contributed by atoms with van der Waals surface area (Å²) in [6.07, 6.45) is 6.52. The number of nitrogens with zero attached hydrogens (tertiary/aromatic N) is 1. The molecule has 0 radical (unpaired) electrons. The Hall–Kier alpha value is -0.980. The highest BCUT2D eigenvalue weighted by Gasteiger charge is 2.14. The Morgan fingerprint density at radius 1 is 1.27 bits per heavy atom. The number of hydrogen-bond donors (Lipinski definition) is 2. The van der Waals surface area contributed by atoms with Crippen LogP contribution in [0.2, 0.25) is 0 Å². The lowest BCUT2D eigenvalue weighted by atomic mass is 9.96. The summed E-state index contributed by atoms with van der Waals surface area (Å²) in [5.41, 5.74) is 1.22. The highest BCUT2D eigenvalue weighted by molar-refractivity contribution is 14.0. The van der Waals surface area contributed by atoms with Gasteiger partial charge in [-0.1, -0.05) is 31.4 Å². The first-order chi connectivity index (χ1) is 10.3. The average molecular weight is 417 g/mol. The van der Waals surface area contributed by atoms with E-state index in [4.69, 9.17) is 4.74 Å². The lowest BCUT2D eigenvalue weighted by Crippen LogP contribution is -2.45. The highest BCUT2D eigenvalue weighted by atomic mass is 127. The van der Waals surface area contributed by atoms with E-state index < -0.39 is 0 Å². The largest absolute Gasteiger partial charge is 0.492 e. The second-order valence-electron chi connectivity index (χ2n) is 5.64. The summed E-state index contributed by atoms with van der Waals surface area (Å²) in [6, 6.07) is 8.70. The molecule has 22 heavy (non-hydrogen) atoms. The van der Waals surface area contributed by atoms with E-state index in [1.807, 2.05) is 19.2 Å². The van der Waals surface area contributed by atoms with Crippen molar-refractivity contribution in [3.63, 3.8) is 0 Å². The summed E-state index contributed by atoms with van der Waals surface area (Å²) < 4.78 is 5.73. The van der Waals surface area contributed by atoms with Gasteiger partial charge in [-0.25, -0.2) is 0 Å². The van der Waals surface area contributed by atoms with Crippen LogP contribution in [-0.2, 0) is 0 Å². The van der Waals surface area contributed by atoms with Crippen LogP contribution in [0, 0.1) is 6.92 Å². The molecular weight excluding hydrogens is 389 g/mol. The number of aryl methyl sites for hydroxylation is 1. The quantitative estimate of drug-likeness (QED) is 0.334. The molecule has 1 aliphatic rings. The second kappa shape index (κ2) is 10.7. The zero-order valence-corrected chi connectivity index (χ0v) is 15.9. The number of rotatable bonds is 5. The third-order valence-electron chi connectivity index (χ3n) is 3.82. The van der Waals surface area contributed by atoms with Gasteiger partial charge >= 0.3 is 0 Å². The molecule has 1 aromatic rings. The van der Waals surface area contributed by atoms with Gasteiger partial charge < -0.3 is 15.4 Å². The van der Waals surface area contributed by atoms with Gasteiger partial charge in [0.05, 0.1) is 6.54 Å². The molecular formula is C17H28IN3O. The Morgan fingerprint density at radius 3 is 2.73 bits per heavy atom. The van der Waals surface area contributed by atoms with E-state index in [-0.39, 0.29) is 24.0 Å². The number of guanidine groups is 1. The first-order valence-electron chi connectivity index (χ1n) is 7.94. The molecule has 124 valence electrons. The van der Waals surface area contributed by atoms with Gasteiger partial charge in [0.25, 0.3) is 0 Å². The molecule has 0 aromatic heterocycles. The Bertz CT molecular complexity index is 459. The van der Waals surface area contributed by atoms with E-state index in [0.29, 0.717) is 12.6 Å². The normalized spacial score (nSPS) is 15.8. The minimum atomic E-state index is 0. The molecule has 1 fully saturated rings. The molecule has 4 nitrogen and oxygen atoms in total. The van der Waals surface area contributed by atoms with Crippen LogP contribution in [0.3, 0.4) is 0 Å². The predicted molar refractivity (Wildman–Crippen MR) is 103 cm³/mol. The van der Waals surface area contributed by atoms with Crippen LogP contribution in [0.1, 0.15) is 37.7 Å². The van der Waals surface area contributed by atoms with Crippen molar-refractivity contribution in [2.45, 2.75) is 45.1 Å². The molecule has 0 spiro atoms. The summed E-state index contributed by atoms with van der Waals surface area (Å²) in [7, 11) is 1.82. The summed E-state index contributed by atoms with van der Waals surface area (Å²) in [5, 5.41) is 6.81. The van der Waals surface area contributed by atoms with E-state index in [1.165, 1.54) is 37.7 Å². The Balaban J connectivity index is 0.00000242. The number of ether oxygens (including phenoxy) is 1. The fourth-order valence-electron chi connectivity index (χ4n) is 2.68. The maximum absolute atomic E-state index is 5.73. The zero-order chi connectivity index (χ0) is 14.9. The lowest BCUT2D eigenvalue weighted by molar-refractivity contribution is 0.321. The van der Waals surface area contributed by atoms with Crippen molar-refractivity contribution in [2.24, 2.45) is 4.99 Å². The Labute approximate surface area is 151 Å². The van der Waals surface area contributed by atoms with Crippen molar-refractivity contribution in [3.05, 3.63) is 29.8 Å². The summed E-state index contributed by atoms with van der Waals surface area (Å²) in [4.78, 5) is 4.28. The molecule has 2 N–H and O–H groups in total. The first kappa shape index (κ1) is 19.1. The topological polar surface area (TPSA) is 45.7 Å². The molecule has 0 heterocycles. The average Bonchev–Trinajstić information content (AvgIpc) is 2.51. The van der Waals surface area contributed by atoms with Gasteiger partial charge in [0.1, 0.15) is 12.4 Å². The van der Waals surface area contributed by atoms with Crippen molar-refractivity contribution in [1.29, 1.82) is 0 Å². The Morgan fingerprint density at radius 2 is 2.05 bits per heavy atom. The summed E-state index contributed by atoms with van der Waals surface area (Å²) in [6.45, 7) is 3.45. The standard InChI is InChI=1S/C17H27N3O.HI/c1-14-7-6-10-16(13-14)21-12-11-19-17(18-2)20-15-8-4-3-5-9-15;/h6-7,10,13,15H,3-5,8-9,11-12H2,1-2H3,(H2,18,19,20);1H. The van der Waals surface area contributed by atoms with Gasteiger partial charge in [0, 0.05) is 13.1 Å². The van der Waals surface area contributed by atoms with Crippen molar-refractivity contribution in [2.75, 3.05) is 20.2 Å². The minimum Gasteiger partial charge on any atom is -0.492 e. The van der Waals surface area contributed by atoms with E-state index >= 15 is 0 Å². The summed E-state index contributed by atoms with van der Waals surface area (Å²) >= 11 is 0. The van der Waals surface area contributed by atoms with Crippen LogP contribution in [0.4, 0.5) is 0 Å². The molecule has 5 heteroatoms. The van der Waals surface area contributed by atoms with E-state index in [1.54, 1.807) is 0 Å². The molecule has 0 saturated heterocycles. The maximum Gasteiger partial charge on any atom is 0.191 e. The molecule has 0 amide bonds. The first-order valence-corrected chi connectivity index (χ1v) is 7.94. The molecule has 1 aromatic carbocycles. The van der Waals surface area contributed by atoms with Crippen molar-refractivity contribution < 1.29 is 4.74 Å². The van der Waals surface area contributed by atoms with Crippen LogP contribution in [-0.4, -0.2) is 32.2 Å². The molecule has 0 bridgehead atoms. The summed E-state index contributed by atoms with van der Waals surface area (Å²) in [5.74, 6) is 1.81. The molecule has 0 atom stereocenters. The Kier molecular flexibility index (Phi) is 9.27. The third-order valence-corrected chi connectivity index (χ3v) is 3.82. The maximum atomic E-state index is 5.73. The van der Waals surface area contributed by atoms with Crippen molar-refractivity contribution in [3.8, 4) is 5.75 Å². The smallest absolute Gasteiger partial charge is 0.191 e. The van der Waals surface area contributed by atoms with Crippen LogP contribution in [0.15, 0.2) is 29.3 Å². The number of hydrogen-bond acceptors (Lipinski definition) is 2. The monoisotopic (exact) mass is 417 g/mol. The fraction of sp³-hybridized carbons (Fsp3) is 0.588. The van der Waals surface area contributed by atoms with Crippen LogP contribution in [0.25, 0.3) is 0 Å². The lowest BCUT2D eigenvalue weighted by Gasteiger charge is -2.24. The number of benzene rings is 1. The van der Waals surface area contributed by atoms with Gasteiger partial charge in [-0.15, -0.1) is 24.0 Å². The highest BCUT2D eigenvalue weighted by Crippen LogP contribution is 2.17. The second-order valence-corrected chi connectivity index (χ2v) is 5.64. The predicted octanol–water partition coefficient (Wildman–Crippen LogP) is 3.49. The van der Waals surface area contributed by atoms with E-state index in [0.717, 1.165) is 18.3 Å². The molecule has 0 unspecified atom stereocenters. The van der Waals surface area contributed by atoms with Crippen LogP contribution >= 0.6 is 24.0 Å². The van der Waals surface area contributed by atoms with Crippen LogP contribution < -0.4 is 15.4 Å². The molecule has 1 saturated carbocycles. The molecule has 2 rings (SSSR count). The third kappa shape index (κ3) is 6.85. The molecule has 1 aliphatic carbocycles. The van der Waals surface area contributed by atoms with E-state index in [9.17, 15) is 0 Å². The van der Waals surface area contributed by atoms with Crippen molar-refractivity contribution >= 4 is 29.9 Å².